The number of hydrogen-bond acceptors (Lipinski definition) is 6. The van der Waals surface area contributed by atoms with E-state index in [0.717, 1.165) is 24.2 Å². The van der Waals surface area contributed by atoms with Crippen LogP contribution in [0.15, 0.2) is 18.2 Å². The second kappa shape index (κ2) is 7.68. The fourth-order valence-electron chi connectivity index (χ4n) is 4.58. The average Bonchev–Trinajstić information content (AvgIpc) is 2.95. The summed E-state index contributed by atoms with van der Waals surface area (Å²) in [6, 6.07) is 3.90. The van der Waals surface area contributed by atoms with E-state index in [9.17, 15) is 29.1 Å². The van der Waals surface area contributed by atoms with Gasteiger partial charge in [0.2, 0.25) is 11.8 Å². The largest absolute Gasteiger partial charge is 0.465 e. The van der Waals surface area contributed by atoms with Crippen molar-refractivity contribution in [2.75, 3.05) is 25.5 Å². The predicted octanol–water partition coefficient (Wildman–Crippen LogP) is 1.28. The molecule has 5 amide bonds. The van der Waals surface area contributed by atoms with Gasteiger partial charge in [0.1, 0.15) is 6.04 Å². The van der Waals surface area contributed by atoms with Crippen molar-refractivity contribution in [2.24, 2.45) is 5.41 Å². The first-order valence-electron chi connectivity index (χ1n) is 10.2. The van der Waals surface area contributed by atoms with Crippen LogP contribution in [0.3, 0.4) is 0 Å². The van der Waals surface area contributed by atoms with Gasteiger partial charge in [0, 0.05) is 37.7 Å². The van der Waals surface area contributed by atoms with Gasteiger partial charge in [-0.15, -0.1) is 0 Å². The molecule has 0 bridgehead atoms. The van der Waals surface area contributed by atoms with E-state index in [4.69, 9.17) is 0 Å². The number of piperidine rings is 1. The van der Waals surface area contributed by atoms with Crippen molar-refractivity contribution in [1.29, 1.82) is 0 Å². The molecule has 3 aliphatic rings. The molecule has 0 spiro atoms. The molecule has 2 aliphatic heterocycles. The standard InChI is InChI=1S/C21H24N4O6/c1-24(20(30)31)11-21(8-3-9-21)10-22-13-5-2-4-12-16(13)19(29)25(18(12)28)14-6-7-15(26)23-17(14)27/h2,4-5,14,22H,3,6-11H2,1H3,(H,30,31)(H,23,26,27). The molecule has 2 heterocycles. The topological polar surface area (TPSA) is 136 Å². The number of carbonyl (C=O) groups excluding carboxylic acids is 4. The number of nitrogens with one attached hydrogen (secondary N) is 2. The highest BCUT2D eigenvalue weighted by molar-refractivity contribution is 6.25. The molecule has 4 rings (SSSR count). The number of amides is 5. The lowest BCUT2D eigenvalue weighted by Crippen LogP contribution is -2.54. The van der Waals surface area contributed by atoms with Gasteiger partial charge < -0.3 is 15.3 Å². The number of nitrogens with zero attached hydrogens (tertiary/aromatic N) is 2. The smallest absolute Gasteiger partial charge is 0.407 e. The molecule has 1 aromatic rings. The first kappa shape index (κ1) is 20.8. The Balaban J connectivity index is 1.54. The molecule has 3 N–H and O–H groups in total. The number of fused-ring (bicyclic) bond motifs is 1. The molecule has 1 saturated carbocycles. The molecule has 1 saturated heterocycles. The van der Waals surface area contributed by atoms with Gasteiger partial charge in [0.05, 0.1) is 11.1 Å². The third kappa shape index (κ3) is 3.62. The SMILES string of the molecule is CN(CC1(CNc2cccc3c2C(=O)N(C2CCC(=O)NC2=O)C3=O)CCC1)C(=O)O. The minimum atomic E-state index is -1.01. The molecule has 0 aromatic heterocycles. The average molecular weight is 428 g/mol. The summed E-state index contributed by atoms with van der Waals surface area (Å²) in [6.07, 6.45) is 1.90. The number of hydrogen-bond donors (Lipinski definition) is 3. The summed E-state index contributed by atoms with van der Waals surface area (Å²) in [5.74, 6) is -2.19. The lowest BCUT2D eigenvalue weighted by Gasteiger charge is -2.44. The van der Waals surface area contributed by atoms with E-state index in [1.807, 2.05) is 0 Å². The van der Waals surface area contributed by atoms with Crippen LogP contribution in [0.2, 0.25) is 0 Å². The molecule has 1 aliphatic carbocycles. The highest BCUT2D eigenvalue weighted by Crippen LogP contribution is 2.42. The van der Waals surface area contributed by atoms with Crippen molar-refractivity contribution in [3.63, 3.8) is 0 Å². The second-order valence-electron chi connectivity index (χ2n) is 8.52. The zero-order valence-electron chi connectivity index (χ0n) is 17.1. The second-order valence-corrected chi connectivity index (χ2v) is 8.52. The zero-order chi connectivity index (χ0) is 22.3. The van der Waals surface area contributed by atoms with E-state index in [1.165, 1.54) is 11.9 Å². The summed E-state index contributed by atoms with van der Waals surface area (Å²) in [5, 5.41) is 14.6. The van der Waals surface area contributed by atoms with Crippen molar-refractivity contribution in [2.45, 2.75) is 38.1 Å². The molecular weight excluding hydrogens is 404 g/mol. The number of imide groups is 2. The van der Waals surface area contributed by atoms with E-state index in [1.54, 1.807) is 18.2 Å². The molecule has 0 radical (unpaired) electrons. The Morgan fingerprint density at radius 1 is 1.26 bits per heavy atom. The van der Waals surface area contributed by atoms with Crippen LogP contribution in [0.1, 0.15) is 52.8 Å². The Morgan fingerprint density at radius 2 is 2.00 bits per heavy atom. The first-order chi connectivity index (χ1) is 14.7. The first-order valence-corrected chi connectivity index (χ1v) is 10.2. The van der Waals surface area contributed by atoms with Crippen molar-refractivity contribution >= 4 is 35.4 Å². The van der Waals surface area contributed by atoms with E-state index >= 15 is 0 Å². The van der Waals surface area contributed by atoms with Gasteiger partial charge in [-0.1, -0.05) is 12.5 Å². The Bertz CT molecular complexity index is 986. The van der Waals surface area contributed by atoms with Crippen LogP contribution in [0, 0.1) is 5.41 Å². The maximum Gasteiger partial charge on any atom is 0.407 e. The van der Waals surface area contributed by atoms with Crippen LogP contribution >= 0.6 is 0 Å². The predicted molar refractivity (Wildman–Crippen MR) is 109 cm³/mol. The van der Waals surface area contributed by atoms with Crippen molar-refractivity contribution < 1.29 is 29.1 Å². The van der Waals surface area contributed by atoms with Gasteiger partial charge in [-0.2, -0.15) is 0 Å². The number of benzene rings is 1. The quantitative estimate of drug-likeness (QED) is 0.581. The molecule has 10 heteroatoms. The summed E-state index contributed by atoms with van der Waals surface area (Å²) in [6.45, 7) is 0.834. The molecule has 31 heavy (non-hydrogen) atoms. The van der Waals surface area contributed by atoms with Crippen LogP contribution in [-0.2, 0) is 9.59 Å². The van der Waals surface area contributed by atoms with Gasteiger partial charge in [0.25, 0.3) is 11.8 Å². The molecule has 1 aromatic carbocycles. The van der Waals surface area contributed by atoms with Crippen LogP contribution in [0.25, 0.3) is 0 Å². The molecule has 2 fully saturated rings. The minimum Gasteiger partial charge on any atom is -0.465 e. The lowest BCUT2D eigenvalue weighted by molar-refractivity contribution is -0.136. The van der Waals surface area contributed by atoms with Crippen LogP contribution in [0.5, 0.6) is 0 Å². The van der Waals surface area contributed by atoms with Crippen LogP contribution in [0.4, 0.5) is 10.5 Å². The number of rotatable bonds is 6. The van der Waals surface area contributed by atoms with E-state index < -0.39 is 35.8 Å². The number of carbonyl (C=O) groups is 5. The van der Waals surface area contributed by atoms with E-state index in [-0.39, 0.29) is 29.4 Å². The maximum absolute atomic E-state index is 13.1. The van der Waals surface area contributed by atoms with Crippen molar-refractivity contribution in [1.82, 2.24) is 15.1 Å². The summed E-state index contributed by atoms with van der Waals surface area (Å²) in [4.78, 5) is 63.1. The maximum atomic E-state index is 13.1. The van der Waals surface area contributed by atoms with Gasteiger partial charge in [-0.25, -0.2) is 4.79 Å². The molecule has 10 nitrogen and oxygen atoms in total. The Kier molecular flexibility index (Phi) is 5.16. The minimum absolute atomic E-state index is 0.0640. The van der Waals surface area contributed by atoms with Crippen LogP contribution < -0.4 is 10.6 Å². The Labute approximate surface area is 178 Å². The number of anilines is 1. The van der Waals surface area contributed by atoms with Crippen molar-refractivity contribution in [3.05, 3.63) is 29.3 Å². The summed E-state index contributed by atoms with van der Waals surface area (Å²) in [5.41, 5.74) is 0.670. The van der Waals surface area contributed by atoms with Gasteiger partial charge >= 0.3 is 6.09 Å². The monoisotopic (exact) mass is 428 g/mol. The molecule has 1 atom stereocenters. The van der Waals surface area contributed by atoms with Gasteiger partial charge in [-0.3, -0.25) is 29.4 Å². The van der Waals surface area contributed by atoms with Crippen LogP contribution in [-0.4, -0.2) is 70.8 Å². The Hall–Kier alpha value is -3.43. The van der Waals surface area contributed by atoms with E-state index in [0.29, 0.717) is 18.8 Å². The third-order valence-corrected chi connectivity index (χ3v) is 6.44. The lowest BCUT2D eigenvalue weighted by atomic mass is 9.68. The zero-order valence-corrected chi connectivity index (χ0v) is 17.1. The summed E-state index contributed by atoms with van der Waals surface area (Å²) in [7, 11) is 1.53. The summed E-state index contributed by atoms with van der Waals surface area (Å²) < 4.78 is 0. The highest BCUT2D eigenvalue weighted by atomic mass is 16.4. The van der Waals surface area contributed by atoms with E-state index in [2.05, 4.69) is 10.6 Å². The normalized spacial score (nSPS) is 22.0. The van der Waals surface area contributed by atoms with Crippen molar-refractivity contribution in [3.8, 4) is 0 Å². The molecular formula is C21H24N4O6. The fourth-order valence-corrected chi connectivity index (χ4v) is 4.58. The third-order valence-electron chi connectivity index (χ3n) is 6.44. The number of carboxylic acid groups (broad SMARTS) is 1. The fraction of sp³-hybridized carbons (Fsp3) is 0.476. The van der Waals surface area contributed by atoms with Gasteiger partial charge in [-0.05, 0) is 31.4 Å². The van der Waals surface area contributed by atoms with Gasteiger partial charge in [0.15, 0.2) is 0 Å². The highest BCUT2D eigenvalue weighted by Gasteiger charge is 2.46. The Morgan fingerprint density at radius 3 is 2.61 bits per heavy atom. The molecule has 164 valence electrons. The summed E-state index contributed by atoms with van der Waals surface area (Å²) >= 11 is 0. The molecule has 1 unspecified atom stereocenters.